The number of rotatable bonds is 5. The van der Waals surface area contributed by atoms with Crippen LogP contribution in [0.15, 0.2) is 18.2 Å². The van der Waals surface area contributed by atoms with E-state index in [-0.39, 0.29) is 17.5 Å². The minimum absolute atomic E-state index is 0.0699. The number of phenols is 2. The van der Waals surface area contributed by atoms with E-state index in [1.807, 2.05) is 21.0 Å². The highest BCUT2D eigenvalue weighted by Crippen LogP contribution is 2.30. The van der Waals surface area contributed by atoms with Gasteiger partial charge in [-0.15, -0.1) is 0 Å². The number of nitrogens with zero attached hydrogens (tertiary/aromatic N) is 1. The molecule has 0 heterocycles. The Morgan fingerprint density at radius 3 is 2.69 bits per heavy atom. The highest BCUT2D eigenvalue weighted by molar-refractivity contribution is 5.40. The average molecular weight is 224 g/mol. The van der Waals surface area contributed by atoms with Crippen LogP contribution in [0.2, 0.25) is 0 Å². The second-order valence-electron chi connectivity index (χ2n) is 4.00. The lowest BCUT2D eigenvalue weighted by Gasteiger charge is -2.25. The molecule has 1 rings (SSSR count). The maximum atomic E-state index is 9.73. The summed E-state index contributed by atoms with van der Waals surface area (Å²) in [4.78, 5) is 2.12. The van der Waals surface area contributed by atoms with Crippen molar-refractivity contribution in [3.05, 3.63) is 23.8 Å². The first-order valence-corrected chi connectivity index (χ1v) is 5.43. The van der Waals surface area contributed by atoms with E-state index in [1.54, 1.807) is 6.07 Å². The summed E-state index contributed by atoms with van der Waals surface area (Å²) in [5.41, 5.74) is 0.749. The standard InChI is InChI=1S/C12H20N2O2/c1-9(14(3)7-6-13-2)11-8-10(15)4-5-12(11)16/h4-5,8-9,13,15-16H,6-7H2,1-3H3. The summed E-state index contributed by atoms with van der Waals surface area (Å²) in [6.07, 6.45) is 0. The Morgan fingerprint density at radius 1 is 1.38 bits per heavy atom. The molecule has 0 spiro atoms. The minimum Gasteiger partial charge on any atom is -0.508 e. The Hall–Kier alpha value is -1.26. The summed E-state index contributed by atoms with van der Waals surface area (Å²) in [6, 6.07) is 4.68. The molecule has 90 valence electrons. The molecule has 4 heteroatoms. The number of likely N-dealkylation sites (N-methyl/N-ethyl adjacent to an activating group) is 2. The number of hydrogen-bond donors (Lipinski definition) is 3. The maximum Gasteiger partial charge on any atom is 0.120 e. The van der Waals surface area contributed by atoms with Crippen molar-refractivity contribution in [2.24, 2.45) is 0 Å². The first kappa shape index (κ1) is 12.8. The van der Waals surface area contributed by atoms with E-state index in [1.165, 1.54) is 12.1 Å². The molecule has 1 aromatic carbocycles. The molecule has 0 aromatic heterocycles. The smallest absolute Gasteiger partial charge is 0.120 e. The number of hydrogen-bond acceptors (Lipinski definition) is 4. The van der Waals surface area contributed by atoms with Crippen LogP contribution < -0.4 is 5.32 Å². The van der Waals surface area contributed by atoms with Crippen molar-refractivity contribution in [3.8, 4) is 11.5 Å². The Balaban J connectivity index is 2.78. The normalized spacial score (nSPS) is 13.0. The molecule has 0 saturated heterocycles. The Labute approximate surface area is 96.5 Å². The van der Waals surface area contributed by atoms with Crippen molar-refractivity contribution in [2.75, 3.05) is 27.2 Å². The van der Waals surface area contributed by atoms with Gasteiger partial charge in [-0.1, -0.05) is 0 Å². The fourth-order valence-corrected chi connectivity index (χ4v) is 1.60. The number of aromatic hydroxyl groups is 2. The molecule has 0 aliphatic carbocycles. The van der Waals surface area contributed by atoms with Gasteiger partial charge in [-0.3, -0.25) is 4.90 Å². The first-order chi connectivity index (χ1) is 7.56. The van der Waals surface area contributed by atoms with Gasteiger partial charge >= 0.3 is 0 Å². The van der Waals surface area contributed by atoms with Crippen LogP contribution in [0.25, 0.3) is 0 Å². The SMILES string of the molecule is CNCCN(C)C(C)c1cc(O)ccc1O. The molecule has 4 nitrogen and oxygen atoms in total. The lowest BCUT2D eigenvalue weighted by molar-refractivity contribution is 0.257. The van der Waals surface area contributed by atoms with Gasteiger partial charge in [-0.2, -0.15) is 0 Å². The highest BCUT2D eigenvalue weighted by Gasteiger charge is 2.15. The summed E-state index contributed by atoms with van der Waals surface area (Å²) < 4.78 is 0. The third-order valence-corrected chi connectivity index (χ3v) is 2.84. The molecular formula is C12H20N2O2. The van der Waals surface area contributed by atoms with Crippen LogP contribution in [0.3, 0.4) is 0 Å². The van der Waals surface area contributed by atoms with Gasteiger partial charge in [0.15, 0.2) is 0 Å². The Morgan fingerprint density at radius 2 is 2.06 bits per heavy atom. The van der Waals surface area contributed by atoms with Gasteiger partial charge in [0.2, 0.25) is 0 Å². The lowest BCUT2D eigenvalue weighted by Crippen LogP contribution is -2.29. The van der Waals surface area contributed by atoms with Crippen LogP contribution in [0.5, 0.6) is 11.5 Å². The van der Waals surface area contributed by atoms with Gasteiger partial charge < -0.3 is 15.5 Å². The molecule has 3 N–H and O–H groups in total. The third-order valence-electron chi connectivity index (χ3n) is 2.84. The van der Waals surface area contributed by atoms with E-state index in [2.05, 4.69) is 10.2 Å². The molecular weight excluding hydrogens is 204 g/mol. The molecule has 0 amide bonds. The van der Waals surface area contributed by atoms with E-state index in [0.717, 1.165) is 18.7 Å². The summed E-state index contributed by atoms with van der Waals surface area (Å²) in [6.45, 7) is 3.78. The molecule has 16 heavy (non-hydrogen) atoms. The predicted molar refractivity (Wildman–Crippen MR) is 64.7 cm³/mol. The van der Waals surface area contributed by atoms with E-state index in [9.17, 15) is 10.2 Å². The van der Waals surface area contributed by atoms with Crippen molar-refractivity contribution in [1.82, 2.24) is 10.2 Å². The summed E-state index contributed by atoms with van der Waals surface area (Å²) in [5, 5.41) is 22.2. The van der Waals surface area contributed by atoms with Crippen LogP contribution in [0.4, 0.5) is 0 Å². The Kier molecular flexibility index (Phi) is 4.58. The van der Waals surface area contributed by atoms with Gasteiger partial charge in [-0.05, 0) is 39.2 Å². The quantitative estimate of drug-likeness (QED) is 0.660. The lowest BCUT2D eigenvalue weighted by atomic mass is 10.1. The van der Waals surface area contributed by atoms with E-state index in [4.69, 9.17) is 0 Å². The van der Waals surface area contributed by atoms with Gasteiger partial charge in [0.05, 0.1) is 0 Å². The molecule has 0 aliphatic heterocycles. The predicted octanol–water partition coefficient (Wildman–Crippen LogP) is 1.31. The van der Waals surface area contributed by atoms with Crippen molar-refractivity contribution in [1.29, 1.82) is 0 Å². The Bertz CT molecular complexity index is 342. The molecule has 0 aliphatic rings. The third kappa shape index (κ3) is 3.12. The van der Waals surface area contributed by atoms with Crippen LogP contribution in [-0.4, -0.2) is 42.3 Å². The van der Waals surface area contributed by atoms with Crippen LogP contribution >= 0.6 is 0 Å². The van der Waals surface area contributed by atoms with Crippen molar-refractivity contribution >= 4 is 0 Å². The van der Waals surface area contributed by atoms with Gasteiger partial charge in [-0.25, -0.2) is 0 Å². The molecule has 0 bridgehead atoms. The maximum absolute atomic E-state index is 9.73. The number of benzene rings is 1. The molecule has 1 aromatic rings. The number of phenolic OH excluding ortho intramolecular Hbond substituents is 2. The first-order valence-electron chi connectivity index (χ1n) is 5.43. The average Bonchev–Trinajstić information content (AvgIpc) is 2.28. The van der Waals surface area contributed by atoms with E-state index in [0.29, 0.717) is 0 Å². The fraction of sp³-hybridized carbons (Fsp3) is 0.500. The zero-order valence-electron chi connectivity index (χ0n) is 10.1. The second-order valence-corrected chi connectivity index (χ2v) is 4.00. The largest absolute Gasteiger partial charge is 0.508 e. The van der Waals surface area contributed by atoms with Gasteiger partial charge in [0, 0.05) is 24.7 Å². The highest BCUT2D eigenvalue weighted by atomic mass is 16.3. The topological polar surface area (TPSA) is 55.7 Å². The monoisotopic (exact) mass is 224 g/mol. The molecule has 0 radical (unpaired) electrons. The van der Waals surface area contributed by atoms with Crippen LogP contribution in [0, 0.1) is 0 Å². The van der Waals surface area contributed by atoms with Gasteiger partial charge in [0.1, 0.15) is 11.5 Å². The molecule has 1 atom stereocenters. The fourth-order valence-electron chi connectivity index (χ4n) is 1.60. The summed E-state index contributed by atoms with van der Waals surface area (Å²) >= 11 is 0. The molecule has 0 fully saturated rings. The molecule has 1 unspecified atom stereocenters. The zero-order valence-corrected chi connectivity index (χ0v) is 10.1. The van der Waals surface area contributed by atoms with Gasteiger partial charge in [0.25, 0.3) is 0 Å². The minimum atomic E-state index is 0.0699. The second kappa shape index (κ2) is 5.72. The van der Waals surface area contributed by atoms with E-state index < -0.39 is 0 Å². The summed E-state index contributed by atoms with van der Waals surface area (Å²) in [5.74, 6) is 0.406. The van der Waals surface area contributed by atoms with Crippen LogP contribution in [0.1, 0.15) is 18.5 Å². The molecule has 0 saturated carbocycles. The van der Waals surface area contributed by atoms with Crippen LogP contribution in [-0.2, 0) is 0 Å². The zero-order chi connectivity index (χ0) is 12.1. The van der Waals surface area contributed by atoms with Crippen molar-refractivity contribution < 1.29 is 10.2 Å². The summed E-state index contributed by atoms with van der Waals surface area (Å²) in [7, 11) is 3.90. The number of nitrogens with one attached hydrogen (secondary N) is 1. The van der Waals surface area contributed by atoms with E-state index >= 15 is 0 Å². The van der Waals surface area contributed by atoms with Crippen molar-refractivity contribution in [3.63, 3.8) is 0 Å². The van der Waals surface area contributed by atoms with Crippen molar-refractivity contribution in [2.45, 2.75) is 13.0 Å².